The minimum atomic E-state index is -0.692. The van der Waals surface area contributed by atoms with Crippen LogP contribution < -0.4 is 15.4 Å². The highest BCUT2D eigenvalue weighted by Gasteiger charge is 2.36. The molecule has 0 aliphatic carbocycles. The first-order valence-corrected chi connectivity index (χ1v) is 10.7. The number of carbonyl (C=O) groups excluding carboxylic acids is 4. The number of nitrogens with zero attached hydrogens (tertiary/aromatic N) is 1. The molecule has 166 valence electrons. The van der Waals surface area contributed by atoms with E-state index in [4.69, 9.17) is 4.74 Å². The van der Waals surface area contributed by atoms with Crippen LogP contribution in [-0.2, 0) is 14.4 Å². The molecule has 1 aliphatic heterocycles. The standard InChI is InChI=1S/C24H19N3O5S/c1-32-17-11-9-16(10-12-17)25-21(28)13-20-23(30)27(24(31)33-20)14-22(29)26-19-8-4-6-15-5-2-3-7-18(15)19/h2-13H,14H2,1H3,(H,25,28)(H,26,29)/b20-13-. The van der Waals surface area contributed by atoms with Crippen LogP contribution >= 0.6 is 11.8 Å². The van der Waals surface area contributed by atoms with E-state index in [1.54, 1.807) is 30.3 Å². The molecule has 9 heteroatoms. The fourth-order valence-corrected chi connectivity index (χ4v) is 4.09. The van der Waals surface area contributed by atoms with Crippen LogP contribution in [0.25, 0.3) is 10.8 Å². The Morgan fingerprint density at radius 1 is 0.970 bits per heavy atom. The number of anilines is 2. The predicted octanol–water partition coefficient (Wildman–Crippen LogP) is 4.00. The van der Waals surface area contributed by atoms with Gasteiger partial charge in [0.2, 0.25) is 11.8 Å². The molecule has 1 aliphatic rings. The van der Waals surface area contributed by atoms with Crippen LogP contribution in [0.15, 0.2) is 77.7 Å². The van der Waals surface area contributed by atoms with E-state index in [1.165, 1.54) is 7.11 Å². The monoisotopic (exact) mass is 461 g/mol. The van der Waals surface area contributed by atoms with E-state index in [9.17, 15) is 19.2 Å². The first-order valence-electron chi connectivity index (χ1n) is 9.92. The minimum Gasteiger partial charge on any atom is -0.497 e. The lowest BCUT2D eigenvalue weighted by atomic mass is 10.1. The summed E-state index contributed by atoms with van der Waals surface area (Å²) >= 11 is 0.615. The highest BCUT2D eigenvalue weighted by Crippen LogP contribution is 2.31. The summed E-state index contributed by atoms with van der Waals surface area (Å²) < 4.78 is 5.06. The molecule has 3 aromatic carbocycles. The van der Waals surface area contributed by atoms with E-state index in [1.807, 2.05) is 36.4 Å². The summed E-state index contributed by atoms with van der Waals surface area (Å²) in [5.74, 6) is -1.14. The van der Waals surface area contributed by atoms with Crippen molar-refractivity contribution in [3.63, 3.8) is 0 Å². The lowest BCUT2D eigenvalue weighted by Gasteiger charge is -2.13. The smallest absolute Gasteiger partial charge is 0.294 e. The van der Waals surface area contributed by atoms with Gasteiger partial charge in [0, 0.05) is 22.8 Å². The summed E-state index contributed by atoms with van der Waals surface area (Å²) in [5.41, 5.74) is 1.09. The van der Waals surface area contributed by atoms with Gasteiger partial charge in [-0.1, -0.05) is 36.4 Å². The Kier molecular flexibility index (Phi) is 6.41. The number of amides is 4. The molecular weight excluding hydrogens is 442 g/mol. The van der Waals surface area contributed by atoms with E-state index in [-0.39, 0.29) is 4.91 Å². The zero-order chi connectivity index (χ0) is 23.4. The molecule has 0 spiro atoms. The number of thioether (sulfide) groups is 1. The molecule has 4 amide bonds. The lowest BCUT2D eigenvalue weighted by molar-refractivity contribution is -0.127. The Morgan fingerprint density at radius 2 is 1.70 bits per heavy atom. The highest BCUT2D eigenvalue weighted by atomic mass is 32.2. The second kappa shape index (κ2) is 9.58. The molecule has 2 N–H and O–H groups in total. The normalized spacial score (nSPS) is 14.6. The van der Waals surface area contributed by atoms with Crippen molar-refractivity contribution >= 4 is 56.9 Å². The van der Waals surface area contributed by atoms with Crippen LogP contribution in [0.4, 0.5) is 16.2 Å². The molecule has 0 aromatic heterocycles. The van der Waals surface area contributed by atoms with Crippen LogP contribution in [0, 0.1) is 0 Å². The van der Waals surface area contributed by atoms with Gasteiger partial charge in [0.25, 0.3) is 11.1 Å². The van der Waals surface area contributed by atoms with Gasteiger partial charge in [-0.3, -0.25) is 24.1 Å². The Morgan fingerprint density at radius 3 is 2.45 bits per heavy atom. The molecular formula is C24H19N3O5S. The minimum absolute atomic E-state index is 0.0519. The van der Waals surface area contributed by atoms with Crippen molar-refractivity contribution in [2.24, 2.45) is 0 Å². The zero-order valence-electron chi connectivity index (χ0n) is 17.5. The molecule has 0 atom stereocenters. The SMILES string of the molecule is COc1ccc(NC(=O)/C=C2\SC(=O)N(CC(=O)Nc3cccc4ccccc34)C2=O)cc1. The molecule has 0 radical (unpaired) electrons. The molecule has 0 bridgehead atoms. The van der Waals surface area contributed by atoms with E-state index in [2.05, 4.69) is 10.6 Å². The second-order valence-corrected chi connectivity index (χ2v) is 8.05. The fourth-order valence-electron chi connectivity index (χ4n) is 3.28. The topological polar surface area (TPSA) is 105 Å². The number of hydrogen-bond acceptors (Lipinski definition) is 6. The predicted molar refractivity (Wildman–Crippen MR) is 127 cm³/mol. The van der Waals surface area contributed by atoms with Crippen LogP contribution in [0.1, 0.15) is 0 Å². The number of imide groups is 1. The van der Waals surface area contributed by atoms with Crippen molar-refractivity contribution in [1.82, 2.24) is 4.90 Å². The van der Waals surface area contributed by atoms with Crippen molar-refractivity contribution in [1.29, 1.82) is 0 Å². The van der Waals surface area contributed by atoms with Crippen LogP contribution in [0.2, 0.25) is 0 Å². The van der Waals surface area contributed by atoms with Gasteiger partial charge in [-0.05, 0) is 47.5 Å². The number of fused-ring (bicyclic) bond motifs is 1. The van der Waals surface area contributed by atoms with Gasteiger partial charge in [-0.15, -0.1) is 0 Å². The molecule has 1 saturated heterocycles. The largest absolute Gasteiger partial charge is 0.497 e. The van der Waals surface area contributed by atoms with Crippen molar-refractivity contribution in [2.45, 2.75) is 0 Å². The maximum atomic E-state index is 12.6. The van der Waals surface area contributed by atoms with E-state index in [0.29, 0.717) is 28.9 Å². The first kappa shape index (κ1) is 22.1. The highest BCUT2D eigenvalue weighted by molar-refractivity contribution is 8.18. The Balaban J connectivity index is 1.41. The average Bonchev–Trinajstić information content (AvgIpc) is 3.07. The molecule has 0 saturated carbocycles. The van der Waals surface area contributed by atoms with Gasteiger partial charge < -0.3 is 15.4 Å². The third-order valence-electron chi connectivity index (χ3n) is 4.86. The fraction of sp³-hybridized carbons (Fsp3) is 0.0833. The van der Waals surface area contributed by atoms with Gasteiger partial charge >= 0.3 is 0 Å². The molecule has 8 nitrogen and oxygen atoms in total. The number of hydrogen-bond donors (Lipinski definition) is 2. The Labute approximate surface area is 193 Å². The van der Waals surface area contributed by atoms with E-state index >= 15 is 0 Å². The molecule has 0 unspecified atom stereocenters. The maximum Gasteiger partial charge on any atom is 0.294 e. The number of methoxy groups -OCH3 is 1. The lowest BCUT2D eigenvalue weighted by Crippen LogP contribution is -2.36. The summed E-state index contributed by atoms with van der Waals surface area (Å²) in [6, 6.07) is 19.7. The van der Waals surface area contributed by atoms with Crippen LogP contribution in [-0.4, -0.2) is 41.5 Å². The Bertz CT molecular complexity index is 1280. The third kappa shape index (κ3) is 5.04. The van der Waals surface area contributed by atoms with Crippen LogP contribution in [0.3, 0.4) is 0 Å². The molecule has 1 heterocycles. The average molecular weight is 461 g/mol. The van der Waals surface area contributed by atoms with Gasteiger partial charge in [0.1, 0.15) is 12.3 Å². The van der Waals surface area contributed by atoms with Gasteiger partial charge in [0.15, 0.2) is 0 Å². The van der Waals surface area contributed by atoms with Crippen molar-refractivity contribution < 1.29 is 23.9 Å². The summed E-state index contributed by atoms with van der Waals surface area (Å²) in [4.78, 5) is 50.5. The number of benzene rings is 3. The summed E-state index contributed by atoms with van der Waals surface area (Å²) in [7, 11) is 1.53. The van der Waals surface area contributed by atoms with Gasteiger partial charge in [-0.2, -0.15) is 0 Å². The first-order chi connectivity index (χ1) is 15.9. The van der Waals surface area contributed by atoms with E-state index < -0.39 is 29.5 Å². The second-order valence-electron chi connectivity index (χ2n) is 7.06. The third-order valence-corrected chi connectivity index (χ3v) is 5.77. The summed E-state index contributed by atoms with van der Waals surface area (Å²) in [6.45, 7) is -0.453. The van der Waals surface area contributed by atoms with Gasteiger partial charge in [-0.25, -0.2) is 0 Å². The summed E-state index contributed by atoms with van der Waals surface area (Å²) in [5, 5.41) is 6.54. The van der Waals surface area contributed by atoms with Gasteiger partial charge in [0.05, 0.1) is 12.0 Å². The quantitative estimate of drug-likeness (QED) is 0.538. The molecule has 33 heavy (non-hydrogen) atoms. The number of carbonyl (C=O) groups is 4. The summed E-state index contributed by atoms with van der Waals surface area (Å²) in [6.07, 6.45) is 1.05. The van der Waals surface area contributed by atoms with Crippen LogP contribution in [0.5, 0.6) is 5.75 Å². The number of nitrogens with one attached hydrogen (secondary N) is 2. The molecule has 1 fully saturated rings. The molecule has 4 rings (SSSR count). The van der Waals surface area contributed by atoms with Crippen molar-refractivity contribution in [3.8, 4) is 5.75 Å². The number of ether oxygens (including phenoxy) is 1. The van der Waals surface area contributed by atoms with Crippen molar-refractivity contribution in [2.75, 3.05) is 24.3 Å². The maximum absolute atomic E-state index is 12.6. The van der Waals surface area contributed by atoms with Crippen molar-refractivity contribution in [3.05, 3.63) is 77.7 Å². The van der Waals surface area contributed by atoms with E-state index in [0.717, 1.165) is 21.7 Å². The Hall–Kier alpha value is -4.11. The molecule has 3 aromatic rings. The zero-order valence-corrected chi connectivity index (χ0v) is 18.3. The number of rotatable bonds is 6.